The molecule has 1 heterocycles. The van der Waals surface area contributed by atoms with Crippen LogP contribution < -0.4 is 0 Å². The number of ether oxygens (including phenoxy) is 1. The normalized spacial score (nSPS) is 14.9. The molecule has 1 aliphatic heterocycles. The summed E-state index contributed by atoms with van der Waals surface area (Å²) in [4.78, 5) is 50.5. The van der Waals surface area contributed by atoms with Gasteiger partial charge in [-0.1, -0.05) is 0 Å². The summed E-state index contributed by atoms with van der Waals surface area (Å²) in [6, 6.07) is -0.749. The molecule has 8 heteroatoms. The smallest absolute Gasteiger partial charge is 0.327 e. The number of likely N-dealkylation sites (N-methyl/N-ethyl adjacent to an activating group) is 1. The molecule has 0 bridgehead atoms. The Morgan fingerprint density at radius 3 is 2.38 bits per heavy atom. The molecule has 21 heavy (non-hydrogen) atoms. The Hall–Kier alpha value is -2.12. The fourth-order valence-corrected chi connectivity index (χ4v) is 1.95. The molecule has 0 spiro atoms. The van der Waals surface area contributed by atoms with E-state index < -0.39 is 23.8 Å². The van der Waals surface area contributed by atoms with Crippen LogP contribution in [0.1, 0.15) is 20.8 Å². The van der Waals surface area contributed by atoms with Crippen LogP contribution in [0.25, 0.3) is 0 Å². The van der Waals surface area contributed by atoms with Crippen molar-refractivity contribution in [3.8, 4) is 0 Å². The second-order valence-corrected chi connectivity index (χ2v) is 5.04. The van der Waals surface area contributed by atoms with Gasteiger partial charge in [0, 0.05) is 13.1 Å². The quantitative estimate of drug-likeness (QED) is 0.495. The fraction of sp³-hybridized carbons (Fsp3) is 0.692. The molecule has 1 aliphatic rings. The third kappa shape index (κ3) is 4.17. The first-order valence-electron chi connectivity index (χ1n) is 6.78. The zero-order valence-corrected chi connectivity index (χ0v) is 12.8. The van der Waals surface area contributed by atoms with Crippen molar-refractivity contribution in [2.45, 2.75) is 26.8 Å². The molecule has 1 fully saturated rings. The standard InChI is InChI=1S/C13H21N3O5/c1-5-21-12(19)8-15(9(2)3)11(18)7-16-10(17)6-14(4)13(16)20/h9H,5-8H2,1-4H3. The van der Waals surface area contributed by atoms with E-state index in [1.165, 1.54) is 16.8 Å². The summed E-state index contributed by atoms with van der Waals surface area (Å²) in [5.74, 6) is -1.40. The first-order chi connectivity index (χ1) is 9.77. The molecule has 4 amide bonds. The van der Waals surface area contributed by atoms with Gasteiger partial charge in [0.05, 0.1) is 6.61 Å². The van der Waals surface area contributed by atoms with Crippen molar-refractivity contribution in [2.24, 2.45) is 0 Å². The van der Waals surface area contributed by atoms with Crippen LogP contribution in [-0.2, 0) is 19.1 Å². The highest BCUT2D eigenvalue weighted by molar-refractivity contribution is 6.04. The second-order valence-electron chi connectivity index (χ2n) is 5.04. The van der Waals surface area contributed by atoms with E-state index in [2.05, 4.69) is 0 Å². The number of esters is 1. The largest absolute Gasteiger partial charge is 0.465 e. The number of rotatable bonds is 6. The SMILES string of the molecule is CCOC(=O)CN(C(=O)CN1C(=O)CN(C)C1=O)C(C)C. The van der Waals surface area contributed by atoms with Gasteiger partial charge in [-0.2, -0.15) is 0 Å². The first-order valence-corrected chi connectivity index (χ1v) is 6.78. The van der Waals surface area contributed by atoms with Crippen LogP contribution in [0.4, 0.5) is 4.79 Å². The summed E-state index contributed by atoms with van der Waals surface area (Å²) in [6.45, 7) is 4.80. The third-order valence-corrected chi connectivity index (χ3v) is 3.07. The lowest BCUT2D eigenvalue weighted by Gasteiger charge is -2.27. The van der Waals surface area contributed by atoms with Crippen molar-refractivity contribution in [1.29, 1.82) is 0 Å². The highest BCUT2D eigenvalue weighted by Gasteiger charge is 2.36. The van der Waals surface area contributed by atoms with Crippen molar-refractivity contribution in [2.75, 3.05) is 33.3 Å². The van der Waals surface area contributed by atoms with Gasteiger partial charge in [0.1, 0.15) is 19.6 Å². The Balaban J connectivity index is 2.71. The highest BCUT2D eigenvalue weighted by Crippen LogP contribution is 2.09. The molecule has 0 atom stereocenters. The van der Waals surface area contributed by atoms with E-state index >= 15 is 0 Å². The lowest BCUT2D eigenvalue weighted by molar-refractivity contribution is -0.150. The molecule has 0 aromatic carbocycles. The van der Waals surface area contributed by atoms with Crippen LogP contribution in [0, 0.1) is 0 Å². The van der Waals surface area contributed by atoms with Crippen molar-refractivity contribution in [3.63, 3.8) is 0 Å². The lowest BCUT2D eigenvalue weighted by atomic mass is 10.3. The summed E-state index contributed by atoms with van der Waals surface area (Å²) in [6.07, 6.45) is 0. The number of hydrogen-bond acceptors (Lipinski definition) is 5. The molecular weight excluding hydrogens is 278 g/mol. The molecule has 1 saturated heterocycles. The van der Waals surface area contributed by atoms with Gasteiger partial charge in [0.2, 0.25) is 5.91 Å². The third-order valence-electron chi connectivity index (χ3n) is 3.07. The van der Waals surface area contributed by atoms with Gasteiger partial charge in [-0.15, -0.1) is 0 Å². The zero-order chi connectivity index (χ0) is 16.2. The summed E-state index contributed by atoms with van der Waals surface area (Å²) in [5, 5.41) is 0. The molecule has 8 nitrogen and oxygen atoms in total. The molecule has 0 saturated carbocycles. The number of carbonyl (C=O) groups is 4. The van der Waals surface area contributed by atoms with Gasteiger partial charge >= 0.3 is 12.0 Å². The van der Waals surface area contributed by atoms with Gasteiger partial charge in [-0.3, -0.25) is 19.3 Å². The van der Waals surface area contributed by atoms with E-state index in [9.17, 15) is 19.2 Å². The topological polar surface area (TPSA) is 87.2 Å². The molecular formula is C13H21N3O5. The molecule has 1 rings (SSSR count). The van der Waals surface area contributed by atoms with Crippen LogP contribution in [0.3, 0.4) is 0 Å². The Labute approximate surface area is 123 Å². The molecule has 0 unspecified atom stereocenters. The summed E-state index contributed by atoms with van der Waals surface area (Å²) in [7, 11) is 1.49. The number of amides is 4. The average Bonchev–Trinajstić information content (AvgIpc) is 2.62. The summed E-state index contributed by atoms with van der Waals surface area (Å²) < 4.78 is 4.81. The number of hydrogen-bond donors (Lipinski definition) is 0. The minimum atomic E-state index is -0.518. The van der Waals surface area contributed by atoms with Gasteiger partial charge in [0.25, 0.3) is 5.91 Å². The number of nitrogens with zero attached hydrogens (tertiary/aromatic N) is 3. The van der Waals surface area contributed by atoms with E-state index in [0.717, 1.165) is 4.90 Å². The maximum Gasteiger partial charge on any atom is 0.327 e. The van der Waals surface area contributed by atoms with E-state index in [-0.39, 0.29) is 32.3 Å². The van der Waals surface area contributed by atoms with E-state index in [4.69, 9.17) is 4.74 Å². The molecule has 0 N–H and O–H groups in total. The maximum atomic E-state index is 12.2. The maximum absolute atomic E-state index is 12.2. The minimum absolute atomic E-state index is 0.0360. The van der Waals surface area contributed by atoms with Crippen LogP contribution in [0.5, 0.6) is 0 Å². The van der Waals surface area contributed by atoms with Crippen molar-refractivity contribution >= 4 is 23.8 Å². The van der Waals surface area contributed by atoms with Crippen LogP contribution >= 0.6 is 0 Å². The predicted molar refractivity (Wildman–Crippen MR) is 73.2 cm³/mol. The number of urea groups is 1. The van der Waals surface area contributed by atoms with Crippen LogP contribution in [0.15, 0.2) is 0 Å². The van der Waals surface area contributed by atoms with Gasteiger partial charge in [0.15, 0.2) is 0 Å². The molecule has 0 aromatic rings. The Kier molecular flexibility index (Phi) is 5.69. The summed E-state index contributed by atoms with van der Waals surface area (Å²) >= 11 is 0. The van der Waals surface area contributed by atoms with Crippen molar-refractivity contribution in [1.82, 2.24) is 14.7 Å². The number of imide groups is 1. The Morgan fingerprint density at radius 2 is 1.95 bits per heavy atom. The van der Waals surface area contributed by atoms with Crippen molar-refractivity contribution in [3.05, 3.63) is 0 Å². The molecule has 0 radical (unpaired) electrons. The summed E-state index contributed by atoms with van der Waals surface area (Å²) in [5.41, 5.74) is 0. The highest BCUT2D eigenvalue weighted by atomic mass is 16.5. The molecule has 0 aliphatic carbocycles. The molecule has 118 valence electrons. The fourth-order valence-electron chi connectivity index (χ4n) is 1.95. The molecule has 0 aromatic heterocycles. The monoisotopic (exact) mass is 299 g/mol. The van der Waals surface area contributed by atoms with E-state index in [1.54, 1.807) is 20.8 Å². The second kappa shape index (κ2) is 7.05. The minimum Gasteiger partial charge on any atom is -0.465 e. The van der Waals surface area contributed by atoms with Crippen LogP contribution in [0.2, 0.25) is 0 Å². The Morgan fingerprint density at radius 1 is 1.33 bits per heavy atom. The van der Waals surface area contributed by atoms with Crippen LogP contribution in [-0.4, -0.2) is 77.8 Å². The Bertz CT molecular complexity index is 449. The van der Waals surface area contributed by atoms with Crippen molar-refractivity contribution < 1.29 is 23.9 Å². The zero-order valence-electron chi connectivity index (χ0n) is 12.8. The number of carbonyl (C=O) groups excluding carboxylic acids is 4. The van der Waals surface area contributed by atoms with Gasteiger partial charge in [-0.05, 0) is 20.8 Å². The van der Waals surface area contributed by atoms with E-state index in [1.807, 2.05) is 0 Å². The average molecular weight is 299 g/mol. The van der Waals surface area contributed by atoms with Gasteiger partial charge in [-0.25, -0.2) is 4.79 Å². The lowest BCUT2D eigenvalue weighted by Crippen LogP contribution is -2.47. The predicted octanol–water partition coefficient (Wildman–Crippen LogP) is -0.319. The van der Waals surface area contributed by atoms with Gasteiger partial charge < -0.3 is 14.5 Å². The van der Waals surface area contributed by atoms with E-state index in [0.29, 0.717) is 0 Å². The first kappa shape index (κ1) is 16.9.